The molecule has 0 aromatic rings. The number of aliphatic hydroxyl groups is 1. The summed E-state index contributed by atoms with van der Waals surface area (Å²) in [5.41, 5.74) is 0. The average Bonchev–Trinajstić information content (AvgIpc) is 2.52. The minimum Gasteiger partial charge on any atom is -0.462 e. The molecule has 3 N–H and O–H groups in total. The lowest BCUT2D eigenvalue weighted by Gasteiger charge is -2.21. The quantitative estimate of drug-likeness (QED) is 0.0222. The number of carbonyl (C=O) groups excluding carboxylic acids is 4. The van der Waals surface area contributed by atoms with Gasteiger partial charge in [0, 0.05) is 25.7 Å². The van der Waals surface area contributed by atoms with Crippen LogP contribution in [0.1, 0.15) is 389 Å². The molecule has 0 bridgehead atoms. The number of ether oxygens (including phenoxy) is 4. The average molecular weight is 1410 g/mol. The van der Waals surface area contributed by atoms with Gasteiger partial charge in [-0.15, -0.1) is 0 Å². The van der Waals surface area contributed by atoms with Gasteiger partial charge >= 0.3 is 39.5 Å². The summed E-state index contributed by atoms with van der Waals surface area (Å²) >= 11 is 0. The summed E-state index contributed by atoms with van der Waals surface area (Å²) in [4.78, 5) is 72.9. The number of phosphoric acid groups is 2. The van der Waals surface area contributed by atoms with E-state index in [1.165, 1.54) is 186 Å². The van der Waals surface area contributed by atoms with Crippen LogP contribution in [0.2, 0.25) is 0 Å². The van der Waals surface area contributed by atoms with Gasteiger partial charge in [-0.2, -0.15) is 0 Å². The van der Waals surface area contributed by atoms with Gasteiger partial charge in [0.15, 0.2) is 12.2 Å². The first kappa shape index (κ1) is 94.1. The van der Waals surface area contributed by atoms with Crippen molar-refractivity contribution < 1.29 is 80.2 Å². The van der Waals surface area contributed by atoms with Crippen molar-refractivity contribution >= 4 is 39.5 Å². The maximum atomic E-state index is 13.1. The van der Waals surface area contributed by atoms with Gasteiger partial charge in [-0.05, 0) is 49.4 Å². The van der Waals surface area contributed by atoms with Crippen LogP contribution in [0.5, 0.6) is 0 Å². The molecule has 0 fully saturated rings. The predicted molar refractivity (Wildman–Crippen MR) is 391 cm³/mol. The molecule has 0 aliphatic carbocycles. The van der Waals surface area contributed by atoms with Gasteiger partial charge in [0.2, 0.25) is 0 Å². The fourth-order valence-electron chi connectivity index (χ4n) is 11.6. The second-order valence-electron chi connectivity index (χ2n) is 28.9. The second-order valence-corrected chi connectivity index (χ2v) is 31.9. The molecular formula is C77H150O17P2. The van der Waals surface area contributed by atoms with Crippen LogP contribution in [0.25, 0.3) is 0 Å². The Hall–Kier alpha value is -1.94. The lowest BCUT2D eigenvalue weighted by molar-refractivity contribution is -0.161. The first-order chi connectivity index (χ1) is 46.2. The van der Waals surface area contributed by atoms with Crippen LogP contribution >= 0.6 is 15.6 Å². The summed E-state index contributed by atoms with van der Waals surface area (Å²) in [5.74, 6) is 1.02. The molecule has 0 saturated carbocycles. The maximum absolute atomic E-state index is 13.1. The van der Waals surface area contributed by atoms with E-state index < -0.39 is 97.5 Å². The Morgan fingerprint density at radius 2 is 0.500 bits per heavy atom. The summed E-state index contributed by atoms with van der Waals surface area (Å²) < 4.78 is 68.6. The normalized spacial score (nSPS) is 15.0. The highest BCUT2D eigenvalue weighted by atomic mass is 31.2. The van der Waals surface area contributed by atoms with Gasteiger partial charge in [0.25, 0.3) is 0 Å². The third kappa shape index (κ3) is 66.6. The van der Waals surface area contributed by atoms with Crippen LogP contribution in [-0.2, 0) is 65.4 Å². The molecule has 0 aliphatic rings. The van der Waals surface area contributed by atoms with Gasteiger partial charge in [0.05, 0.1) is 26.4 Å². The highest BCUT2D eigenvalue weighted by molar-refractivity contribution is 7.47. The minimum absolute atomic E-state index is 0.106. The third-order valence-electron chi connectivity index (χ3n) is 18.9. The molecule has 570 valence electrons. The molecule has 0 heterocycles. The van der Waals surface area contributed by atoms with Gasteiger partial charge in [-0.25, -0.2) is 9.13 Å². The van der Waals surface area contributed by atoms with E-state index in [2.05, 4.69) is 55.4 Å². The predicted octanol–water partition coefficient (Wildman–Crippen LogP) is 22.4. The lowest BCUT2D eigenvalue weighted by Crippen LogP contribution is -2.30. The molecule has 0 radical (unpaired) electrons. The first-order valence-corrected chi connectivity index (χ1v) is 42.8. The molecule has 0 aliphatic heterocycles. The first-order valence-electron chi connectivity index (χ1n) is 39.8. The smallest absolute Gasteiger partial charge is 0.462 e. The molecule has 0 spiro atoms. The van der Waals surface area contributed by atoms with Crippen LogP contribution in [0.4, 0.5) is 0 Å². The molecule has 0 amide bonds. The van der Waals surface area contributed by atoms with Crippen LogP contribution in [-0.4, -0.2) is 96.7 Å². The standard InChI is InChI=1S/C77H150O17P2/c1-9-68(6)54-46-38-30-24-20-16-12-13-17-21-25-33-43-51-59-76(81)93-72(63-87-74(79)57-49-41-32-28-27-31-39-47-55-69(7)10-2)65-91-95(83,84)89-61-71(78)62-90-96(85,86)92-66-73(64-88-75(80)58-50-42-36-35-40-48-56-70(8)11-3)94-77(82)60-52-44-34-26-22-18-14-15-19-23-29-37-45-53-67(4)5/h67-73,78H,9-66H2,1-8H3,(H,83,84)(H,85,86)/t68?,69?,70?,71-,72-,73-/m1/s1. The van der Waals surface area contributed by atoms with Crippen molar-refractivity contribution in [3.05, 3.63) is 0 Å². The number of hydrogen-bond donors (Lipinski definition) is 3. The monoisotopic (exact) mass is 1410 g/mol. The van der Waals surface area contributed by atoms with E-state index in [9.17, 15) is 43.2 Å². The largest absolute Gasteiger partial charge is 0.472 e. The molecule has 0 aromatic heterocycles. The zero-order chi connectivity index (χ0) is 71.0. The molecule has 8 atom stereocenters. The van der Waals surface area contributed by atoms with Crippen molar-refractivity contribution in [1.82, 2.24) is 0 Å². The van der Waals surface area contributed by atoms with Crippen LogP contribution in [0.3, 0.4) is 0 Å². The summed E-state index contributed by atoms with van der Waals surface area (Å²) in [7, 11) is -9.92. The van der Waals surface area contributed by atoms with Gasteiger partial charge in [-0.1, -0.05) is 338 Å². The van der Waals surface area contributed by atoms with Crippen molar-refractivity contribution in [1.29, 1.82) is 0 Å². The Morgan fingerprint density at radius 1 is 0.292 bits per heavy atom. The fourth-order valence-corrected chi connectivity index (χ4v) is 13.2. The van der Waals surface area contributed by atoms with E-state index in [1.807, 2.05) is 0 Å². The topological polar surface area (TPSA) is 237 Å². The number of aliphatic hydroxyl groups excluding tert-OH is 1. The van der Waals surface area contributed by atoms with Crippen LogP contribution in [0, 0.1) is 23.7 Å². The number of esters is 4. The highest BCUT2D eigenvalue weighted by Gasteiger charge is 2.30. The van der Waals surface area contributed by atoms with Crippen LogP contribution in [0.15, 0.2) is 0 Å². The third-order valence-corrected chi connectivity index (χ3v) is 20.8. The SMILES string of the molecule is CCC(C)CCCCCCCCCCCCCCCCC(=O)O[C@H](COC(=O)CCCCCCCCCCC(C)CC)COP(=O)(O)OC[C@@H](O)COP(=O)(O)OC[C@@H](COC(=O)CCCCCCCCC(C)CC)OC(=O)CCCCCCCCCCCCCCCC(C)C. The number of carbonyl (C=O) groups is 4. The van der Waals surface area contributed by atoms with E-state index in [1.54, 1.807) is 0 Å². The highest BCUT2D eigenvalue weighted by Crippen LogP contribution is 2.45. The lowest BCUT2D eigenvalue weighted by atomic mass is 9.99. The fraction of sp³-hybridized carbons (Fsp3) is 0.948. The Balaban J connectivity index is 5.25. The van der Waals surface area contributed by atoms with Crippen molar-refractivity contribution in [2.45, 2.75) is 408 Å². The van der Waals surface area contributed by atoms with Crippen molar-refractivity contribution in [2.24, 2.45) is 23.7 Å². The molecule has 0 saturated heterocycles. The summed E-state index contributed by atoms with van der Waals surface area (Å²) in [6.45, 7) is 14.2. The number of phosphoric ester groups is 2. The molecule has 5 unspecified atom stereocenters. The van der Waals surface area contributed by atoms with Crippen LogP contribution < -0.4 is 0 Å². The van der Waals surface area contributed by atoms with Crippen molar-refractivity contribution in [3.63, 3.8) is 0 Å². The second kappa shape index (κ2) is 66.3. The van der Waals surface area contributed by atoms with E-state index in [4.69, 9.17) is 37.0 Å². The summed E-state index contributed by atoms with van der Waals surface area (Å²) in [6, 6.07) is 0. The molecule has 0 aromatic carbocycles. The van der Waals surface area contributed by atoms with E-state index >= 15 is 0 Å². The Kier molecular flexibility index (Phi) is 65.0. The van der Waals surface area contributed by atoms with Gasteiger partial charge in [0.1, 0.15) is 19.3 Å². The Labute approximate surface area is 588 Å². The molecule has 0 rings (SSSR count). The van der Waals surface area contributed by atoms with Crippen molar-refractivity contribution in [2.75, 3.05) is 39.6 Å². The van der Waals surface area contributed by atoms with Gasteiger partial charge < -0.3 is 33.8 Å². The van der Waals surface area contributed by atoms with Gasteiger partial charge in [-0.3, -0.25) is 37.3 Å². The summed E-state index contributed by atoms with van der Waals surface area (Å²) in [6.07, 6.45) is 51.2. The number of rotatable bonds is 74. The maximum Gasteiger partial charge on any atom is 0.472 e. The van der Waals surface area contributed by atoms with Crippen molar-refractivity contribution in [3.8, 4) is 0 Å². The van der Waals surface area contributed by atoms with E-state index in [0.717, 1.165) is 120 Å². The molecule has 96 heavy (non-hydrogen) atoms. The summed E-state index contributed by atoms with van der Waals surface area (Å²) in [5, 5.41) is 10.6. The number of hydrogen-bond acceptors (Lipinski definition) is 15. The molecule has 19 heteroatoms. The molecular weight excluding hydrogens is 1260 g/mol. The van der Waals surface area contributed by atoms with E-state index in [0.29, 0.717) is 25.7 Å². The van der Waals surface area contributed by atoms with E-state index in [-0.39, 0.29) is 25.7 Å². The minimum atomic E-state index is -4.96. The number of unbranched alkanes of at least 4 members (excludes halogenated alkanes) is 37. The Bertz CT molecular complexity index is 1890. The Morgan fingerprint density at radius 3 is 0.740 bits per heavy atom. The zero-order valence-corrected chi connectivity index (χ0v) is 64.8. The zero-order valence-electron chi connectivity index (χ0n) is 63.0. The molecule has 17 nitrogen and oxygen atoms in total.